The second-order valence-electron chi connectivity index (χ2n) is 12.6. The van der Waals surface area contributed by atoms with E-state index in [1.165, 1.54) is 81.4 Å². The Bertz CT molecular complexity index is 1160. The summed E-state index contributed by atoms with van der Waals surface area (Å²) in [6.07, 6.45) is 18.8. The van der Waals surface area contributed by atoms with Crippen LogP contribution in [0.4, 0.5) is 5.82 Å². The number of esters is 1. The molecule has 4 N–H and O–H groups in total. The molecule has 2 aromatic heterocycles. The molecule has 254 valence electrons. The molecule has 1 fully saturated rings. The van der Waals surface area contributed by atoms with Gasteiger partial charge in [0, 0.05) is 12.8 Å². The van der Waals surface area contributed by atoms with Crippen molar-refractivity contribution in [1.82, 2.24) is 19.5 Å². The highest BCUT2D eigenvalue weighted by molar-refractivity contribution is 5.90. The van der Waals surface area contributed by atoms with Crippen LogP contribution in [0.25, 0.3) is 11.2 Å². The van der Waals surface area contributed by atoms with E-state index in [4.69, 9.17) is 15.2 Å². The molecule has 0 aromatic carbocycles. The molecule has 0 saturated carbocycles. The molecule has 0 amide bonds. The van der Waals surface area contributed by atoms with Crippen molar-refractivity contribution >= 4 is 28.7 Å². The minimum absolute atomic E-state index is 0.0837. The molecule has 0 aliphatic carbocycles. The number of Topliss-reactive ketones (excluding diaryl/α,β-unsaturated/α-hetero) is 1. The number of aliphatic hydroxyl groups excluding tert-OH is 1. The van der Waals surface area contributed by atoms with Crippen LogP contribution < -0.4 is 5.73 Å². The highest BCUT2D eigenvalue weighted by Crippen LogP contribution is 2.43. The Hall–Kier alpha value is -2.63. The molecule has 45 heavy (non-hydrogen) atoms. The molecule has 3 rings (SSSR count). The number of anilines is 1. The first kappa shape index (κ1) is 36.8. The molecule has 0 spiro atoms. The van der Waals surface area contributed by atoms with Crippen LogP contribution in [-0.4, -0.2) is 65.9 Å². The summed E-state index contributed by atoms with van der Waals surface area (Å²) < 4.78 is 13.3. The molecular formula is C34H57N5O6. The van der Waals surface area contributed by atoms with Crippen molar-refractivity contribution in [2.75, 3.05) is 12.3 Å². The first-order chi connectivity index (χ1) is 21.9. The number of unbranched alkanes of at least 4 members (excludes halogenated alkanes) is 16. The van der Waals surface area contributed by atoms with E-state index >= 15 is 0 Å². The lowest BCUT2D eigenvalue weighted by Gasteiger charge is -2.32. The van der Waals surface area contributed by atoms with E-state index in [1.54, 1.807) is 0 Å². The van der Waals surface area contributed by atoms with Gasteiger partial charge in [0.2, 0.25) is 5.60 Å². The number of aliphatic hydroxyl groups is 2. The van der Waals surface area contributed by atoms with Gasteiger partial charge < -0.3 is 25.4 Å². The van der Waals surface area contributed by atoms with Crippen LogP contribution >= 0.6 is 0 Å². The Labute approximate surface area is 268 Å². The van der Waals surface area contributed by atoms with Crippen molar-refractivity contribution in [3.8, 4) is 0 Å². The van der Waals surface area contributed by atoms with Crippen LogP contribution in [0, 0.1) is 0 Å². The molecular weight excluding hydrogens is 574 g/mol. The zero-order valence-corrected chi connectivity index (χ0v) is 27.6. The maximum Gasteiger partial charge on any atom is 0.306 e. The van der Waals surface area contributed by atoms with Gasteiger partial charge in [0.15, 0.2) is 29.6 Å². The molecule has 1 aliphatic heterocycles. The zero-order valence-electron chi connectivity index (χ0n) is 27.6. The van der Waals surface area contributed by atoms with Gasteiger partial charge in [-0.05, 0) is 12.8 Å². The third-order valence-electron chi connectivity index (χ3n) is 8.97. The van der Waals surface area contributed by atoms with Gasteiger partial charge >= 0.3 is 5.97 Å². The van der Waals surface area contributed by atoms with Crippen molar-refractivity contribution in [3.05, 3.63) is 12.7 Å². The van der Waals surface area contributed by atoms with E-state index in [0.29, 0.717) is 18.4 Å². The first-order valence-corrected chi connectivity index (χ1v) is 17.5. The highest BCUT2D eigenvalue weighted by Gasteiger charge is 2.63. The smallest absolute Gasteiger partial charge is 0.306 e. The number of ether oxygens (including phenoxy) is 2. The minimum Gasteiger partial charge on any atom is -0.456 e. The molecule has 0 radical (unpaired) electrons. The Kier molecular flexibility index (Phi) is 16.2. The molecule has 3 heterocycles. The third kappa shape index (κ3) is 10.4. The summed E-state index contributed by atoms with van der Waals surface area (Å²) in [5.41, 5.74) is 4.28. The highest BCUT2D eigenvalue weighted by atomic mass is 16.6. The Balaban J connectivity index is 1.66. The number of nitrogens with zero attached hydrogens (tertiary/aromatic N) is 4. The van der Waals surface area contributed by atoms with Gasteiger partial charge in [0.25, 0.3) is 0 Å². The molecule has 1 saturated heterocycles. The number of rotatable bonds is 24. The number of nitrogen functional groups attached to an aromatic ring is 1. The summed E-state index contributed by atoms with van der Waals surface area (Å²) in [5, 5.41) is 22.4. The monoisotopic (exact) mass is 631 g/mol. The summed E-state index contributed by atoms with van der Waals surface area (Å²) in [5.74, 6) is -0.887. The van der Waals surface area contributed by atoms with Crippen LogP contribution in [0.5, 0.6) is 0 Å². The summed E-state index contributed by atoms with van der Waals surface area (Å²) in [6, 6.07) is 0. The zero-order chi connectivity index (χ0) is 32.5. The van der Waals surface area contributed by atoms with E-state index in [2.05, 4.69) is 28.8 Å². The number of carbonyl (C=O) groups is 2. The van der Waals surface area contributed by atoms with Crippen LogP contribution in [-0.2, 0) is 19.1 Å². The largest absolute Gasteiger partial charge is 0.456 e. The molecule has 11 nitrogen and oxygen atoms in total. The van der Waals surface area contributed by atoms with Crippen LogP contribution in [0.1, 0.15) is 148 Å². The SMILES string of the molecule is CCCCCCCCCCCC(=O)O[C@@H]1[C@@H](CO)O[C@@H](n2cnc3c(N)ncnc32)[C@@]1(O)C(=O)CCCCCCCCCCC. The van der Waals surface area contributed by atoms with Gasteiger partial charge in [-0.1, -0.05) is 117 Å². The fourth-order valence-corrected chi connectivity index (χ4v) is 6.26. The number of ketones is 1. The fourth-order valence-electron chi connectivity index (χ4n) is 6.26. The normalized spacial score (nSPS) is 21.5. The summed E-state index contributed by atoms with van der Waals surface area (Å²) >= 11 is 0. The number of hydrogen-bond donors (Lipinski definition) is 3. The lowest BCUT2D eigenvalue weighted by Crippen LogP contribution is -2.55. The number of fused-ring (bicyclic) bond motifs is 1. The molecule has 0 unspecified atom stereocenters. The second kappa shape index (κ2) is 19.8. The summed E-state index contributed by atoms with van der Waals surface area (Å²) in [7, 11) is 0. The van der Waals surface area contributed by atoms with Crippen LogP contribution in [0.3, 0.4) is 0 Å². The van der Waals surface area contributed by atoms with Crippen molar-refractivity contribution < 1.29 is 29.3 Å². The number of nitrogens with two attached hydrogens (primary N) is 1. The average Bonchev–Trinajstić information content (AvgIpc) is 3.59. The predicted molar refractivity (Wildman–Crippen MR) is 174 cm³/mol. The quantitative estimate of drug-likeness (QED) is 0.0878. The standard InChI is InChI=1S/C34H57N5O6/c1-3-5-7-9-11-13-15-17-19-21-27(41)34(43)30(45-28(42)22-20-18-16-14-12-10-8-6-4-2)26(23-40)44-33(34)39-25-38-29-31(35)36-24-37-32(29)39/h24-26,30,33,40,43H,3-23H2,1-2H3,(H2,35,36,37)/t26-,30-,33-,34-/m1/s1. The van der Waals surface area contributed by atoms with Gasteiger partial charge in [0.05, 0.1) is 12.9 Å². The summed E-state index contributed by atoms with van der Waals surface area (Å²) in [4.78, 5) is 39.4. The van der Waals surface area contributed by atoms with Gasteiger partial charge in [-0.25, -0.2) is 15.0 Å². The lowest BCUT2D eigenvalue weighted by atomic mass is 9.86. The first-order valence-electron chi connectivity index (χ1n) is 17.5. The number of aromatic nitrogens is 4. The molecule has 11 heteroatoms. The Morgan fingerprint density at radius 2 is 1.38 bits per heavy atom. The van der Waals surface area contributed by atoms with Gasteiger partial charge in [-0.15, -0.1) is 0 Å². The predicted octanol–water partition coefficient (Wildman–Crippen LogP) is 6.35. The molecule has 0 bridgehead atoms. The van der Waals surface area contributed by atoms with Gasteiger partial charge in [-0.2, -0.15) is 0 Å². The van der Waals surface area contributed by atoms with Crippen molar-refractivity contribution in [1.29, 1.82) is 0 Å². The molecule has 2 aromatic rings. The van der Waals surface area contributed by atoms with Gasteiger partial charge in [0.1, 0.15) is 17.9 Å². The van der Waals surface area contributed by atoms with Crippen LogP contribution in [0.15, 0.2) is 12.7 Å². The molecule has 1 aliphatic rings. The Morgan fingerprint density at radius 1 is 0.844 bits per heavy atom. The van der Waals surface area contributed by atoms with E-state index in [0.717, 1.165) is 38.5 Å². The van der Waals surface area contributed by atoms with E-state index < -0.39 is 42.4 Å². The van der Waals surface area contributed by atoms with Crippen molar-refractivity contribution in [2.24, 2.45) is 0 Å². The number of hydrogen-bond acceptors (Lipinski definition) is 10. The van der Waals surface area contributed by atoms with Gasteiger partial charge in [-0.3, -0.25) is 14.2 Å². The van der Waals surface area contributed by atoms with E-state index in [1.807, 2.05) is 0 Å². The maximum atomic E-state index is 13.9. The van der Waals surface area contributed by atoms with Crippen molar-refractivity contribution in [2.45, 2.75) is 166 Å². The van der Waals surface area contributed by atoms with Crippen LogP contribution in [0.2, 0.25) is 0 Å². The van der Waals surface area contributed by atoms with Crippen molar-refractivity contribution in [3.63, 3.8) is 0 Å². The molecule has 4 atom stereocenters. The fraction of sp³-hybridized carbons (Fsp3) is 0.794. The number of carbonyl (C=O) groups excluding carboxylic acids is 2. The third-order valence-corrected chi connectivity index (χ3v) is 8.97. The number of imidazole rings is 1. The second-order valence-corrected chi connectivity index (χ2v) is 12.6. The summed E-state index contributed by atoms with van der Waals surface area (Å²) in [6.45, 7) is 3.86. The Morgan fingerprint density at radius 3 is 1.93 bits per heavy atom. The lowest BCUT2D eigenvalue weighted by molar-refractivity contribution is -0.173. The average molecular weight is 632 g/mol. The topological polar surface area (TPSA) is 163 Å². The maximum absolute atomic E-state index is 13.9. The van der Waals surface area contributed by atoms with E-state index in [9.17, 15) is 19.8 Å². The minimum atomic E-state index is -2.25. The van der Waals surface area contributed by atoms with E-state index in [-0.39, 0.29) is 24.3 Å².